The quantitative estimate of drug-likeness (QED) is 0.669. The van der Waals surface area contributed by atoms with E-state index in [0.717, 1.165) is 9.84 Å². The molecule has 2 heterocycles. The molecule has 62 valence electrons. The number of thiazole rings is 1. The Balaban J connectivity index is 2.62. The lowest BCUT2D eigenvalue weighted by Crippen LogP contribution is -1.85. The van der Waals surface area contributed by atoms with Gasteiger partial charge < -0.3 is 0 Å². The summed E-state index contributed by atoms with van der Waals surface area (Å²) in [7, 11) is 0. The summed E-state index contributed by atoms with van der Waals surface area (Å²) in [5, 5.41) is 8.69. The second kappa shape index (κ2) is 2.75. The molecule has 0 spiro atoms. The van der Waals surface area contributed by atoms with Crippen molar-refractivity contribution in [2.24, 2.45) is 0 Å². The van der Waals surface area contributed by atoms with Gasteiger partial charge in [0.15, 0.2) is 10.5 Å². The second-order valence-electron chi connectivity index (χ2n) is 2.80. The lowest BCUT2D eigenvalue weighted by atomic mass is 10.2. The molecule has 4 nitrogen and oxygen atoms in total. The van der Waals surface area contributed by atoms with Crippen molar-refractivity contribution >= 4 is 21.8 Å². The number of hydrogen-bond donors (Lipinski definition) is 0. The number of fused-ring (bicyclic) bond motifs is 1. The molecule has 5 heteroatoms. The summed E-state index contributed by atoms with van der Waals surface area (Å²) in [4.78, 5) is 9.15. The Morgan fingerprint density at radius 1 is 1.42 bits per heavy atom. The maximum Gasteiger partial charge on any atom is 0.193 e. The molecule has 0 saturated carbocycles. The molecule has 0 saturated heterocycles. The fourth-order valence-electron chi connectivity index (χ4n) is 0.875. The minimum absolute atomic E-state index is 0.436. The van der Waals surface area contributed by atoms with E-state index in [1.54, 1.807) is 11.3 Å². The number of nitrogens with zero attached hydrogens (tertiary/aromatic N) is 4. The average Bonchev–Trinajstić information content (AvgIpc) is 2.46. The minimum Gasteiger partial charge on any atom is -0.220 e. The average molecular weight is 180 g/mol. The van der Waals surface area contributed by atoms with Crippen LogP contribution in [0.15, 0.2) is 6.33 Å². The van der Waals surface area contributed by atoms with Crippen molar-refractivity contribution in [2.75, 3.05) is 0 Å². The molecule has 0 aliphatic rings. The molecule has 2 rings (SSSR count). The second-order valence-corrected chi connectivity index (χ2v) is 3.80. The molecule has 0 radical (unpaired) electrons. The van der Waals surface area contributed by atoms with E-state index in [1.165, 1.54) is 6.33 Å². The van der Waals surface area contributed by atoms with Crippen LogP contribution in [0.5, 0.6) is 0 Å². The molecular weight excluding hydrogens is 172 g/mol. The van der Waals surface area contributed by atoms with Gasteiger partial charge in [-0.25, -0.2) is 9.97 Å². The first kappa shape index (κ1) is 7.54. The van der Waals surface area contributed by atoms with E-state index in [-0.39, 0.29) is 0 Å². The molecule has 0 amide bonds. The Labute approximate surface area is 73.7 Å². The van der Waals surface area contributed by atoms with E-state index in [0.29, 0.717) is 11.6 Å². The van der Waals surface area contributed by atoms with Crippen LogP contribution in [0, 0.1) is 0 Å². The van der Waals surface area contributed by atoms with Crippen LogP contribution in [-0.4, -0.2) is 20.2 Å². The van der Waals surface area contributed by atoms with Crippen LogP contribution in [0.4, 0.5) is 0 Å². The van der Waals surface area contributed by atoms with Gasteiger partial charge in [-0.3, -0.25) is 0 Å². The van der Waals surface area contributed by atoms with Crippen molar-refractivity contribution in [3.8, 4) is 0 Å². The summed E-state index contributed by atoms with van der Waals surface area (Å²) in [5.41, 5.74) is 0.707. The summed E-state index contributed by atoms with van der Waals surface area (Å²) in [6.45, 7) is 4.20. The highest BCUT2D eigenvalue weighted by atomic mass is 32.1. The number of hydrogen-bond acceptors (Lipinski definition) is 5. The van der Waals surface area contributed by atoms with Gasteiger partial charge in [-0.2, -0.15) is 0 Å². The lowest BCUT2D eigenvalue weighted by molar-refractivity contribution is 0.854. The van der Waals surface area contributed by atoms with E-state index >= 15 is 0 Å². The van der Waals surface area contributed by atoms with E-state index < -0.39 is 0 Å². The monoisotopic (exact) mass is 180 g/mol. The zero-order valence-corrected chi connectivity index (χ0v) is 7.67. The van der Waals surface area contributed by atoms with Gasteiger partial charge in [0, 0.05) is 5.92 Å². The highest BCUT2D eigenvalue weighted by Crippen LogP contribution is 2.23. The van der Waals surface area contributed by atoms with Crippen molar-refractivity contribution in [2.45, 2.75) is 19.8 Å². The van der Waals surface area contributed by atoms with Gasteiger partial charge in [0.05, 0.1) is 5.01 Å². The predicted octanol–water partition coefficient (Wildman–Crippen LogP) is 1.60. The molecule has 0 N–H and O–H groups in total. The summed E-state index contributed by atoms with van der Waals surface area (Å²) in [6, 6.07) is 0. The topological polar surface area (TPSA) is 51.6 Å². The van der Waals surface area contributed by atoms with Gasteiger partial charge >= 0.3 is 0 Å². The maximum atomic E-state index is 4.32. The van der Waals surface area contributed by atoms with Gasteiger partial charge in [-0.15, -0.1) is 10.2 Å². The Hall–Kier alpha value is -1.10. The van der Waals surface area contributed by atoms with Gasteiger partial charge in [0.2, 0.25) is 0 Å². The standard InChI is InChI=1S/C7H8N4S/c1-4(2)6-10-5-7(12-6)11-9-3-8-5/h3-4H,1-2H3. The molecule has 0 aliphatic carbocycles. The Kier molecular flexibility index (Phi) is 1.73. The Morgan fingerprint density at radius 3 is 2.92 bits per heavy atom. The number of rotatable bonds is 1. The van der Waals surface area contributed by atoms with Crippen LogP contribution in [0.2, 0.25) is 0 Å². The van der Waals surface area contributed by atoms with Crippen molar-refractivity contribution < 1.29 is 0 Å². The summed E-state index contributed by atoms with van der Waals surface area (Å²) in [5.74, 6) is 0.436. The number of aromatic nitrogens is 4. The Morgan fingerprint density at radius 2 is 2.25 bits per heavy atom. The van der Waals surface area contributed by atoms with Crippen LogP contribution < -0.4 is 0 Å². The largest absolute Gasteiger partial charge is 0.220 e. The van der Waals surface area contributed by atoms with Crippen molar-refractivity contribution in [1.82, 2.24) is 20.2 Å². The zero-order valence-electron chi connectivity index (χ0n) is 6.85. The lowest BCUT2D eigenvalue weighted by Gasteiger charge is -1.93. The smallest absolute Gasteiger partial charge is 0.193 e. The van der Waals surface area contributed by atoms with E-state index in [1.807, 2.05) is 0 Å². The van der Waals surface area contributed by atoms with Crippen LogP contribution >= 0.6 is 11.3 Å². The minimum atomic E-state index is 0.436. The maximum absolute atomic E-state index is 4.32. The highest BCUT2D eigenvalue weighted by molar-refractivity contribution is 7.18. The van der Waals surface area contributed by atoms with Crippen molar-refractivity contribution in [3.63, 3.8) is 0 Å². The fraction of sp³-hybridized carbons (Fsp3) is 0.429. The zero-order chi connectivity index (χ0) is 8.55. The molecule has 12 heavy (non-hydrogen) atoms. The van der Waals surface area contributed by atoms with Gasteiger partial charge in [-0.05, 0) is 0 Å². The molecule has 0 unspecified atom stereocenters. The molecular formula is C7H8N4S. The van der Waals surface area contributed by atoms with Crippen molar-refractivity contribution in [1.29, 1.82) is 0 Å². The molecule has 2 aromatic heterocycles. The van der Waals surface area contributed by atoms with E-state index in [9.17, 15) is 0 Å². The first-order chi connectivity index (χ1) is 5.77. The third-order valence-corrected chi connectivity index (χ3v) is 2.71. The predicted molar refractivity (Wildman–Crippen MR) is 47.1 cm³/mol. The van der Waals surface area contributed by atoms with Crippen LogP contribution in [0.1, 0.15) is 24.8 Å². The SMILES string of the molecule is CC(C)c1nc2ncnnc2s1. The highest BCUT2D eigenvalue weighted by Gasteiger charge is 2.08. The molecule has 0 atom stereocenters. The molecule has 0 bridgehead atoms. The molecule has 2 aromatic rings. The van der Waals surface area contributed by atoms with Gasteiger partial charge in [0.25, 0.3) is 0 Å². The summed E-state index contributed by atoms with van der Waals surface area (Å²) < 4.78 is 0. The van der Waals surface area contributed by atoms with E-state index in [2.05, 4.69) is 34.0 Å². The first-order valence-corrected chi connectivity index (χ1v) is 4.53. The molecule has 0 aliphatic heterocycles. The Bertz CT molecular complexity index is 362. The first-order valence-electron chi connectivity index (χ1n) is 3.71. The van der Waals surface area contributed by atoms with Gasteiger partial charge in [-0.1, -0.05) is 25.2 Å². The fourth-order valence-corrected chi connectivity index (χ4v) is 1.72. The normalized spacial score (nSPS) is 11.2. The van der Waals surface area contributed by atoms with Crippen LogP contribution in [0.3, 0.4) is 0 Å². The van der Waals surface area contributed by atoms with Crippen LogP contribution in [0.25, 0.3) is 10.5 Å². The summed E-state index contributed by atoms with van der Waals surface area (Å²) in [6.07, 6.45) is 1.42. The molecule has 0 aromatic carbocycles. The third kappa shape index (κ3) is 1.16. The van der Waals surface area contributed by atoms with Crippen LogP contribution in [-0.2, 0) is 0 Å². The summed E-state index contributed by atoms with van der Waals surface area (Å²) >= 11 is 1.56. The van der Waals surface area contributed by atoms with Gasteiger partial charge in [0.1, 0.15) is 6.33 Å². The molecule has 0 fully saturated rings. The third-order valence-electron chi connectivity index (χ3n) is 1.48. The van der Waals surface area contributed by atoms with E-state index in [4.69, 9.17) is 0 Å². The van der Waals surface area contributed by atoms with Crippen molar-refractivity contribution in [3.05, 3.63) is 11.3 Å².